The van der Waals surface area contributed by atoms with Gasteiger partial charge in [0.05, 0.1) is 0 Å². The zero-order valence-corrected chi connectivity index (χ0v) is 27.6. The Bertz CT molecular complexity index is 810. The quantitative estimate of drug-likeness (QED) is 0.310. The van der Waals surface area contributed by atoms with Gasteiger partial charge in [-0.15, -0.1) is 0 Å². The number of rotatable bonds is 6. The molecule has 8 saturated carbocycles. The van der Waals surface area contributed by atoms with Crippen LogP contribution in [0.1, 0.15) is 180 Å². The van der Waals surface area contributed by atoms with Gasteiger partial charge in [-0.05, 0) is 119 Å². The Balaban J connectivity index is 1.20. The smallest absolute Gasteiger partial charge is 0.0150 e. The standard InChI is InChI=1S/C40H68N2/c1-5-16-32(17-6-1)41(33-18-7-2-8-19-33)36-27-26-30-25-24-29-14-13-15-31-28-37(40(36)39(30)38(29)31)42(34-20-9-3-10-21-34)35-22-11-4-12-23-35/h29-40H,1-28H2. The molecule has 2 nitrogen and oxygen atoms in total. The lowest BCUT2D eigenvalue weighted by Gasteiger charge is -2.66. The highest BCUT2D eigenvalue weighted by atomic mass is 15.3. The lowest BCUT2D eigenvalue weighted by molar-refractivity contribution is -0.166. The Morgan fingerprint density at radius 2 is 0.667 bits per heavy atom. The molecule has 0 aliphatic heterocycles. The van der Waals surface area contributed by atoms with Gasteiger partial charge in [-0.25, -0.2) is 0 Å². The van der Waals surface area contributed by atoms with Crippen molar-refractivity contribution < 1.29 is 0 Å². The fourth-order valence-electron chi connectivity index (χ4n) is 14.2. The SMILES string of the molecule is C1CCC(N(C2CCCCC2)C2CCC3CCC4CCCC5CC(N(C6CCCCC6)C6CCCCC6)C2C3C45)CC1. The molecule has 2 heteroatoms. The first-order chi connectivity index (χ1) is 20.9. The molecule has 0 aromatic rings. The van der Waals surface area contributed by atoms with Crippen LogP contribution < -0.4 is 0 Å². The van der Waals surface area contributed by atoms with Crippen LogP contribution in [0.2, 0.25) is 0 Å². The Morgan fingerprint density at radius 1 is 0.262 bits per heavy atom. The van der Waals surface area contributed by atoms with Gasteiger partial charge in [0, 0.05) is 36.3 Å². The fourth-order valence-corrected chi connectivity index (χ4v) is 14.2. The van der Waals surface area contributed by atoms with E-state index in [4.69, 9.17) is 0 Å². The molecule has 0 saturated heterocycles. The van der Waals surface area contributed by atoms with E-state index in [0.29, 0.717) is 0 Å². The van der Waals surface area contributed by atoms with Crippen LogP contribution in [0.5, 0.6) is 0 Å². The van der Waals surface area contributed by atoms with Gasteiger partial charge in [0.15, 0.2) is 0 Å². The normalized spacial score (nSPS) is 43.0. The molecule has 8 aliphatic rings. The van der Waals surface area contributed by atoms with Gasteiger partial charge >= 0.3 is 0 Å². The average molecular weight is 577 g/mol. The van der Waals surface area contributed by atoms with Crippen molar-refractivity contribution in [2.24, 2.45) is 35.5 Å². The molecule has 0 spiro atoms. The lowest BCUT2D eigenvalue weighted by Crippen LogP contribution is -2.68. The highest BCUT2D eigenvalue weighted by Gasteiger charge is 2.60. The first-order valence-corrected chi connectivity index (χ1v) is 20.4. The minimum absolute atomic E-state index is 0.916. The molecule has 0 aromatic carbocycles. The van der Waals surface area contributed by atoms with Gasteiger partial charge in [-0.2, -0.15) is 0 Å². The highest BCUT2D eigenvalue weighted by molar-refractivity contribution is 5.11. The second-order valence-electron chi connectivity index (χ2n) is 17.5. The van der Waals surface area contributed by atoms with Crippen molar-refractivity contribution in [2.75, 3.05) is 0 Å². The van der Waals surface area contributed by atoms with E-state index >= 15 is 0 Å². The molecule has 0 radical (unpaired) electrons. The molecule has 0 amide bonds. The minimum Gasteiger partial charge on any atom is -0.294 e. The maximum Gasteiger partial charge on any atom is 0.0150 e. The Kier molecular flexibility index (Phi) is 9.32. The van der Waals surface area contributed by atoms with E-state index in [-0.39, 0.29) is 0 Å². The Morgan fingerprint density at radius 3 is 1.17 bits per heavy atom. The fraction of sp³-hybridized carbons (Fsp3) is 1.00. The molecule has 8 atom stereocenters. The number of hydrogen-bond acceptors (Lipinski definition) is 2. The molecule has 0 aromatic heterocycles. The second-order valence-corrected chi connectivity index (χ2v) is 17.5. The monoisotopic (exact) mass is 577 g/mol. The van der Waals surface area contributed by atoms with Crippen molar-refractivity contribution in [3.05, 3.63) is 0 Å². The molecule has 8 fully saturated rings. The van der Waals surface area contributed by atoms with Crippen LogP contribution in [-0.2, 0) is 0 Å². The van der Waals surface area contributed by atoms with Gasteiger partial charge in [-0.1, -0.05) is 96.3 Å². The van der Waals surface area contributed by atoms with E-state index in [1.165, 1.54) is 128 Å². The van der Waals surface area contributed by atoms with E-state index in [9.17, 15) is 0 Å². The molecule has 0 bridgehead atoms. The van der Waals surface area contributed by atoms with Crippen LogP contribution in [0.4, 0.5) is 0 Å². The van der Waals surface area contributed by atoms with Gasteiger partial charge < -0.3 is 0 Å². The van der Waals surface area contributed by atoms with Crippen LogP contribution in [0.15, 0.2) is 0 Å². The number of hydrogen-bond donors (Lipinski definition) is 0. The third kappa shape index (κ3) is 5.60. The molecule has 0 N–H and O–H groups in total. The van der Waals surface area contributed by atoms with E-state index in [1.54, 1.807) is 51.4 Å². The van der Waals surface area contributed by atoms with E-state index in [2.05, 4.69) is 9.80 Å². The highest BCUT2D eigenvalue weighted by Crippen LogP contribution is 2.62. The average Bonchev–Trinajstić information content (AvgIpc) is 3.06. The number of nitrogens with zero attached hydrogens (tertiary/aromatic N) is 2. The lowest BCUT2D eigenvalue weighted by atomic mass is 9.45. The van der Waals surface area contributed by atoms with Crippen LogP contribution >= 0.6 is 0 Å². The van der Waals surface area contributed by atoms with Crippen LogP contribution in [0.3, 0.4) is 0 Å². The summed E-state index contributed by atoms with van der Waals surface area (Å²) >= 11 is 0. The minimum atomic E-state index is 0.916. The summed E-state index contributed by atoms with van der Waals surface area (Å²) in [5.41, 5.74) is 0. The van der Waals surface area contributed by atoms with E-state index in [1.807, 2.05) is 0 Å². The van der Waals surface area contributed by atoms with Crippen molar-refractivity contribution in [3.8, 4) is 0 Å². The summed E-state index contributed by atoms with van der Waals surface area (Å²) in [5, 5.41) is 0. The van der Waals surface area contributed by atoms with Gasteiger partial charge in [0.2, 0.25) is 0 Å². The van der Waals surface area contributed by atoms with Crippen molar-refractivity contribution in [1.82, 2.24) is 9.80 Å². The second kappa shape index (κ2) is 13.3. The first-order valence-electron chi connectivity index (χ1n) is 20.4. The summed E-state index contributed by atoms with van der Waals surface area (Å²) in [7, 11) is 0. The van der Waals surface area contributed by atoms with E-state index in [0.717, 1.165) is 71.8 Å². The summed E-state index contributed by atoms with van der Waals surface area (Å²) in [4.78, 5) is 6.85. The van der Waals surface area contributed by atoms with Gasteiger partial charge in [0.1, 0.15) is 0 Å². The summed E-state index contributed by atoms with van der Waals surface area (Å²) in [6.07, 6.45) is 43.2. The van der Waals surface area contributed by atoms with Crippen LogP contribution in [-0.4, -0.2) is 46.1 Å². The Hall–Kier alpha value is -0.0800. The largest absolute Gasteiger partial charge is 0.294 e. The molecular weight excluding hydrogens is 508 g/mol. The molecule has 238 valence electrons. The molecular formula is C40H68N2. The molecule has 42 heavy (non-hydrogen) atoms. The molecule has 8 rings (SSSR count). The van der Waals surface area contributed by atoms with Crippen molar-refractivity contribution in [2.45, 2.75) is 216 Å². The maximum atomic E-state index is 3.44. The first kappa shape index (κ1) is 29.3. The van der Waals surface area contributed by atoms with Crippen molar-refractivity contribution in [1.29, 1.82) is 0 Å². The van der Waals surface area contributed by atoms with Crippen LogP contribution in [0, 0.1) is 35.5 Å². The predicted molar refractivity (Wildman–Crippen MR) is 177 cm³/mol. The third-order valence-electron chi connectivity index (χ3n) is 15.6. The van der Waals surface area contributed by atoms with Crippen LogP contribution in [0.25, 0.3) is 0 Å². The zero-order valence-electron chi connectivity index (χ0n) is 27.6. The van der Waals surface area contributed by atoms with Crippen molar-refractivity contribution >= 4 is 0 Å². The van der Waals surface area contributed by atoms with Crippen molar-refractivity contribution in [3.63, 3.8) is 0 Å². The molecule has 8 aliphatic carbocycles. The van der Waals surface area contributed by atoms with Gasteiger partial charge in [-0.3, -0.25) is 9.80 Å². The zero-order chi connectivity index (χ0) is 27.9. The summed E-state index contributed by atoms with van der Waals surface area (Å²) in [6.45, 7) is 0. The third-order valence-corrected chi connectivity index (χ3v) is 15.6. The molecule has 8 unspecified atom stereocenters. The molecule has 0 heterocycles. The predicted octanol–water partition coefficient (Wildman–Crippen LogP) is 10.5. The van der Waals surface area contributed by atoms with Gasteiger partial charge in [0.25, 0.3) is 0 Å². The Labute approximate surface area is 260 Å². The summed E-state index contributed by atoms with van der Waals surface area (Å²) < 4.78 is 0. The summed E-state index contributed by atoms with van der Waals surface area (Å²) in [5.74, 6) is 6.44. The summed E-state index contributed by atoms with van der Waals surface area (Å²) in [6, 6.07) is 5.52. The maximum absolute atomic E-state index is 3.44. The topological polar surface area (TPSA) is 6.48 Å². The van der Waals surface area contributed by atoms with E-state index < -0.39 is 0 Å².